The SMILES string of the molecule is Nc1ccc(Sc2ccc(N)c(-c3cccc4c3Cc3ccccc3-4)c2)cc1-c1cccc2c1Cc1ccccc1-2. The molecule has 8 rings (SSSR count). The molecule has 2 aliphatic rings. The van der Waals surface area contributed by atoms with E-state index in [1.807, 2.05) is 12.1 Å². The van der Waals surface area contributed by atoms with Gasteiger partial charge in [0.2, 0.25) is 0 Å². The van der Waals surface area contributed by atoms with Crippen molar-refractivity contribution in [1.82, 2.24) is 0 Å². The fraction of sp³-hybridized carbons (Fsp3) is 0.0526. The van der Waals surface area contributed by atoms with Gasteiger partial charge in [0.05, 0.1) is 0 Å². The number of hydrogen-bond donors (Lipinski definition) is 2. The van der Waals surface area contributed by atoms with Gasteiger partial charge in [-0.2, -0.15) is 0 Å². The zero-order chi connectivity index (χ0) is 27.5. The molecular weight excluding hydrogens is 516 g/mol. The van der Waals surface area contributed by atoms with Gasteiger partial charge in [-0.05, 0) is 105 Å². The second kappa shape index (κ2) is 9.43. The third kappa shape index (κ3) is 3.96. The lowest BCUT2D eigenvalue weighted by atomic mass is 9.95. The van der Waals surface area contributed by atoms with E-state index in [0.29, 0.717) is 0 Å². The van der Waals surface area contributed by atoms with E-state index in [1.54, 1.807) is 11.8 Å². The van der Waals surface area contributed by atoms with Crippen molar-refractivity contribution in [3.05, 3.63) is 144 Å². The molecule has 196 valence electrons. The minimum Gasteiger partial charge on any atom is -0.398 e. The molecule has 2 aliphatic carbocycles. The third-order valence-electron chi connectivity index (χ3n) is 8.57. The van der Waals surface area contributed by atoms with Crippen LogP contribution in [0.1, 0.15) is 22.3 Å². The van der Waals surface area contributed by atoms with Crippen molar-refractivity contribution in [3.63, 3.8) is 0 Å². The summed E-state index contributed by atoms with van der Waals surface area (Å²) in [6.45, 7) is 0. The summed E-state index contributed by atoms with van der Waals surface area (Å²) in [5, 5.41) is 0. The minimum atomic E-state index is 0.802. The van der Waals surface area contributed by atoms with Crippen LogP contribution in [0.25, 0.3) is 44.5 Å². The van der Waals surface area contributed by atoms with Gasteiger partial charge in [0.1, 0.15) is 0 Å². The number of nitrogen functional groups attached to an aromatic ring is 2. The van der Waals surface area contributed by atoms with E-state index in [-0.39, 0.29) is 0 Å². The van der Waals surface area contributed by atoms with E-state index in [1.165, 1.54) is 55.6 Å². The van der Waals surface area contributed by atoms with E-state index in [0.717, 1.165) is 45.1 Å². The highest BCUT2D eigenvalue weighted by Gasteiger charge is 2.23. The molecular formula is C38H28N2S. The van der Waals surface area contributed by atoms with Crippen molar-refractivity contribution in [2.45, 2.75) is 22.6 Å². The molecule has 0 atom stereocenters. The second-order valence-corrected chi connectivity index (χ2v) is 12.1. The van der Waals surface area contributed by atoms with Crippen LogP contribution in [0.15, 0.2) is 131 Å². The lowest BCUT2D eigenvalue weighted by Crippen LogP contribution is -1.95. The average molecular weight is 545 g/mol. The Bertz CT molecular complexity index is 1860. The van der Waals surface area contributed by atoms with Crippen LogP contribution in [-0.4, -0.2) is 0 Å². The van der Waals surface area contributed by atoms with Gasteiger partial charge in [0, 0.05) is 32.3 Å². The summed E-state index contributed by atoms with van der Waals surface area (Å²) in [7, 11) is 0. The Morgan fingerprint density at radius 2 is 0.780 bits per heavy atom. The molecule has 4 N–H and O–H groups in total. The maximum Gasteiger partial charge on any atom is 0.0394 e. The summed E-state index contributed by atoms with van der Waals surface area (Å²) in [6.07, 6.45) is 1.87. The van der Waals surface area contributed by atoms with Crippen LogP contribution < -0.4 is 11.5 Å². The topological polar surface area (TPSA) is 52.0 Å². The van der Waals surface area contributed by atoms with Crippen molar-refractivity contribution in [1.29, 1.82) is 0 Å². The maximum absolute atomic E-state index is 6.60. The van der Waals surface area contributed by atoms with Gasteiger partial charge in [-0.3, -0.25) is 0 Å². The van der Waals surface area contributed by atoms with E-state index in [9.17, 15) is 0 Å². The van der Waals surface area contributed by atoms with Crippen molar-refractivity contribution < 1.29 is 0 Å². The molecule has 0 fully saturated rings. The van der Waals surface area contributed by atoms with Gasteiger partial charge in [-0.15, -0.1) is 0 Å². The Morgan fingerprint density at radius 3 is 1.24 bits per heavy atom. The van der Waals surface area contributed by atoms with Crippen LogP contribution in [0.4, 0.5) is 11.4 Å². The maximum atomic E-state index is 6.60. The van der Waals surface area contributed by atoms with Crippen molar-refractivity contribution in [2.75, 3.05) is 11.5 Å². The van der Waals surface area contributed by atoms with Crippen molar-refractivity contribution in [2.24, 2.45) is 0 Å². The largest absolute Gasteiger partial charge is 0.398 e. The summed E-state index contributed by atoms with van der Waals surface area (Å²) < 4.78 is 0. The van der Waals surface area contributed by atoms with E-state index < -0.39 is 0 Å². The molecule has 0 spiro atoms. The summed E-state index contributed by atoms with van der Waals surface area (Å²) >= 11 is 1.75. The molecule has 6 aromatic rings. The molecule has 6 aromatic carbocycles. The van der Waals surface area contributed by atoms with Crippen LogP contribution >= 0.6 is 11.8 Å². The molecule has 0 radical (unpaired) electrons. The minimum absolute atomic E-state index is 0.802. The quantitative estimate of drug-likeness (QED) is 0.217. The Hall–Kier alpha value is -4.73. The fourth-order valence-corrected chi connectivity index (χ4v) is 7.52. The lowest BCUT2D eigenvalue weighted by molar-refractivity contribution is 1.26. The first-order valence-electron chi connectivity index (χ1n) is 14.0. The van der Waals surface area contributed by atoms with Crippen LogP contribution in [0.5, 0.6) is 0 Å². The number of rotatable bonds is 4. The predicted molar refractivity (Wildman–Crippen MR) is 173 cm³/mol. The van der Waals surface area contributed by atoms with Gasteiger partial charge < -0.3 is 11.5 Å². The number of nitrogens with two attached hydrogens (primary N) is 2. The molecule has 3 heteroatoms. The van der Waals surface area contributed by atoms with E-state index in [4.69, 9.17) is 11.5 Å². The monoisotopic (exact) mass is 544 g/mol. The Balaban J connectivity index is 1.15. The molecule has 0 heterocycles. The molecule has 2 nitrogen and oxygen atoms in total. The summed E-state index contributed by atoms with van der Waals surface area (Å²) in [6, 6.07) is 43.4. The Morgan fingerprint density at radius 1 is 0.390 bits per heavy atom. The van der Waals surface area contributed by atoms with Crippen LogP contribution in [0, 0.1) is 0 Å². The molecule has 0 aromatic heterocycles. The molecule has 0 saturated carbocycles. The van der Waals surface area contributed by atoms with Crippen molar-refractivity contribution in [3.8, 4) is 44.5 Å². The van der Waals surface area contributed by atoms with Crippen LogP contribution in [-0.2, 0) is 12.8 Å². The summed E-state index contributed by atoms with van der Waals surface area (Å²) in [5.41, 5.74) is 30.2. The summed E-state index contributed by atoms with van der Waals surface area (Å²) in [4.78, 5) is 2.31. The molecule has 0 unspecified atom stereocenters. The normalized spacial score (nSPS) is 12.5. The molecule has 0 amide bonds. The molecule has 41 heavy (non-hydrogen) atoms. The first kappa shape index (κ1) is 24.1. The number of hydrogen-bond acceptors (Lipinski definition) is 3. The van der Waals surface area contributed by atoms with Gasteiger partial charge >= 0.3 is 0 Å². The molecule has 0 saturated heterocycles. The number of benzene rings is 6. The Kier molecular flexibility index (Phi) is 5.54. The number of anilines is 2. The number of fused-ring (bicyclic) bond motifs is 6. The zero-order valence-corrected chi connectivity index (χ0v) is 23.3. The van der Waals surface area contributed by atoms with Crippen molar-refractivity contribution >= 4 is 23.1 Å². The third-order valence-corrected chi connectivity index (χ3v) is 9.55. The first-order valence-corrected chi connectivity index (χ1v) is 14.8. The standard InChI is InChI=1S/C38H28N2S/c39-37-17-15-25(21-35(37)31-13-5-11-29-27-9-3-1-7-23(27)19-33(29)31)41-26-16-18-38(40)36(22-26)32-14-6-12-30-28-10-4-2-8-24(28)20-34(30)32/h1-18,21-22H,19-20,39-40H2. The van der Waals surface area contributed by atoms with Crippen LogP contribution in [0.2, 0.25) is 0 Å². The highest BCUT2D eigenvalue weighted by atomic mass is 32.2. The van der Waals surface area contributed by atoms with Gasteiger partial charge in [0.25, 0.3) is 0 Å². The molecule has 0 aliphatic heterocycles. The predicted octanol–water partition coefficient (Wildman–Crippen LogP) is 9.48. The first-order chi connectivity index (χ1) is 20.1. The fourth-order valence-electron chi connectivity index (χ4n) is 6.62. The smallest absolute Gasteiger partial charge is 0.0394 e. The van der Waals surface area contributed by atoms with Crippen LogP contribution in [0.3, 0.4) is 0 Å². The highest BCUT2D eigenvalue weighted by Crippen LogP contribution is 2.46. The van der Waals surface area contributed by atoms with E-state index in [2.05, 4.69) is 109 Å². The molecule has 0 bridgehead atoms. The average Bonchev–Trinajstić information content (AvgIpc) is 3.58. The van der Waals surface area contributed by atoms with E-state index >= 15 is 0 Å². The Labute approximate surface area is 244 Å². The van der Waals surface area contributed by atoms with Gasteiger partial charge in [-0.25, -0.2) is 0 Å². The zero-order valence-electron chi connectivity index (χ0n) is 22.5. The second-order valence-electron chi connectivity index (χ2n) is 10.9. The lowest BCUT2D eigenvalue weighted by Gasteiger charge is -2.15. The highest BCUT2D eigenvalue weighted by molar-refractivity contribution is 7.99. The summed E-state index contributed by atoms with van der Waals surface area (Å²) in [5.74, 6) is 0. The van der Waals surface area contributed by atoms with Gasteiger partial charge in [0.15, 0.2) is 0 Å². The van der Waals surface area contributed by atoms with Gasteiger partial charge in [-0.1, -0.05) is 96.7 Å².